The highest BCUT2D eigenvalue weighted by Crippen LogP contribution is 2.40. The van der Waals surface area contributed by atoms with E-state index in [4.69, 9.17) is 14.2 Å². The maximum absolute atomic E-state index is 12.5. The van der Waals surface area contributed by atoms with E-state index < -0.39 is 0 Å². The fourth-order valence-corrected chi connectivity index (χ4v) is 2.25. The lowest BCUT2D eigenvalue weighted by molar-refractivity contribution is 0.0784. The van der Waals surface area contributed by atoms with E-state index in [0.29, 0.717) is 28.7 Å². The van der Waals surface area contributed by atoms with Crippen LogP contribution in [-0.2, 0) is 0 Å². The van der Waals surface area contributed by atoms with E-state index in [1.165, 1.54) is 27.1 Å². The Bertz CT molecular complexity index is 497. The lowest BCUT2D eigenvalue weighted by atomic mass is 10.1. The number of benzene rings is 1. The van der Waals surface area contributed by atoms with E-state index in [-0.39, 0.29) is 5.91 Å². The second-order valence-corrected chi connectivity index (χ2v) is 5.01. The third-order valence-corrected chi connectivity index (χ3v) is 3.51. The number of ether oxygens (including phenoxy) is 3. The summed E-state index contributed by atoms with van der Waals surface area (Å²) in [5.41, 5.74) is 0.494. The SMILES string of the molecule is COc1ccc(C(=O)N(C)CC2CC2)c(OC)c1OC. The Morgan fingerprint density at radius 2 is 1.80 bits per heavy atom. The van der Waals surface area contributed by atoms with Gasteiger partial charge in [0.25, 0.3) is 5.91 Å². The monoisotopic (exact) mass is 279 g/mol. The minimum atomic E-state index is -0.0605. The van der Waals surface area contributed by atoms with Crippen molar-refractivity contribution < 1.29 is 19.0 Å². The molecule has 0 heterocycles. The molecular formula is C15H21NO4. The molecule has 0 atom stereocenters. The van der Waals surface area contributed by atoms with Crippen molar-refractivity contribution in [1.29, 1.82) is 0 Å². The summed E-state index contributed by atoms with van der Waals surface area (Å²) in [6.45, 7) is 0.788. The van der Waals surface area contributed by atoms with Crippen LogP contribution in [-0.4, -0.2) is 45.7 Å². The first-order chi connectivity index (χ1) is 9.62. The second kappa shape index (κ2) is 6.03. The summed E-state index contributed by atoms with van der Waals surface area (Å²) >= 11 is 0. The van der Waals surface area contributed by atoms with Crippen LogP contribution in [0.4, 0.5) is 0 Å². The lowest BCUT2D eigenvalue weighted by Gasteiger charge is -2.20. The van der Waals surface area contributed by atoms with Crippen LogP contribution < -0.4 is 14.2 Å². The van der Waals surface area contributed by atoms with Gasteiger partial charge in [0, 0.05) is 13.6 Å². The summed E-state index contributed by atoms with van der Waals surface area (Å²) in [5, 5.41) is 0. The molecule has 110 valence electrons. The van der Waals surface area contributed by atoms with Gasteiger partial charge in [0.2, 0.25) is 5.75 Å². The maximum atomic E-state index is 12.5. The molecule has 0 spiro atoms. The Labute approximate surface area is 119 Å². The molecule has 1 aliphatic carbocycles. The Hall–Kier alpha value is -1.91. The zero-order chi connectivity index (χ0) is 14.7. The molecule has 1 aromatic rings. The highest BCUT2D eigenvalue weighted by Gasteiger charge is 2.28. The molecule has 5 heteroatoms. The van der Waals surface area contributed by atoms with Crippen molar-refractivity contribution in [2.24, 2.45) is 5.92 Å². The number of methoxy groups -OCH3 is 3. The third-order valence-electron chi connectivity index (χ3n) is 3.51. The predicted octanol–water partition coefficient (Wildman–Crippen LogP) is 2.19. The molecule has 2 rings (SSSR count). The third kappa shape index (κ3) is 2.81. The van der Waals surface area contributed by atoms with Crippen LogP contribution in [0.1, 0.15) is 23.2 Å². The topological polar surface area (TPSA) is 48.0 Å². The van der Waals surface area contributed by atoms with Crippen LogP contribution in [0.15, 0.2) is 12.1 Å². The van der Waals surface area contributed by atoms with Crippen LogP contribution in [0, 0.1) is 5.92 Å². The van der Waals surface area contributed by atoms with Gasteiger partial charge in [-0.2, -0.15) is 0 Å². The largest absolute Gasteiger partial charge is 0.493 e. The van der Waals surface area contributed by atoms with Crippen molar-refractivity contribution in [3.8, 4) is 17.2 Å². The molecule has 1 saturated carbocycles. The normalized spacial score (nSPS) is 13.8. The molecule has 1 aliphatic rings. The van der Waals surface area contributed by atoms with Gasteiger partial charge < -0.3 is 19.1 Å². The molecule has 1 fully saturated rings. The van der Waals surface area contributed by atoms with Crippen LogP contribution in [0.25, 0.3) is 0 Å². The number of carbonyl (C=O) groups is 1. The molecule has 20 heavy (non-hydrogen) atoms. The van der Waals surface area contributed by atoms with Gasteiger partial charge in [-0.3, -0.25) is 4.79 Å². The van der Waals surface area contributed by atoms with Crippen molar-refractivity contribution in [1.82, 2.24) is 4.90 Å². The molecule has 0 N–H and O–H groups in total. The van der Waals surface area contributed by atoms with E-state index >= 15 is 0 Å². The van der Waals surface area contributed by atoms with Crippen LogP contribution in [0.2, 0.25) is 0 Å². The maximum Gasteiger partial charge on any atom is 0.257 e. The van der Waals surface area contributed by atoms with Gasteiger partial charge in [-0.25, -0.2) is 0 Å². The van der Waals surface area contributed by atoms with Crippen molar-refractivity contribution in [2.45, 2.75) is 12.8 Å². The number of nitrogens with zero attached hydrogens (tertiary/aromatic N) is 1. The minimum Gasteiger partial charge on any atom is -0.493 e. The predicted molar refractivity (Wildman–Crippen MR) is 75.8 cm³/mol. The van der Waals surface area contributed by atoms with Crippen LogP contribution >= 0.6 is 0 Å². The van der Waals surface area contributed by atoms with Crippen LogP contribution in [0.3, 0.4) is 0 Å². The fraction of sp³-hybridized carbons (Fsp3) is 0.533. The average molecular weight is 279 g/mol. The first kappa shape index (κ1) is 14.5. The number of hydrogen-bond donors (Lipinski definition) is 0. The standard InChI is InChI=1S/C15H21NO4/c1-16(9-10-5-6-10)15(17)11-7-8-12(18-2)14(20-4)13(11)19-3/h7-8,10H,5-6,9H2,1-4H3. The Morgan fingerprint density at radius 1 is 1.15 bits per heavy atom. The first-order valence-electron chi connectivity index (χ1n) is 6.66. The molecule has 0 radical (unpaired) electrons. The molecule has 0 saturated heterocycles. The smallest absolute Gasteiger partial charge is 0.257 e. The van der Waals surface area contributed by atoms with Gasteiger partial charge in [0.15, 0.2) is 11.5 Å². The quantitative estimate of drug-likeness (QED) is 0.801. The Morgan fingerprint density at radius 3 is 2.30 bits per heavy atom. The van der Waals surface area contributed by atoms with Crippen LogP contribution in [0.5, 0.6) is 17.2 Å². The second-order valence-electron chi connectivity index (χ2n) is 5.01. The molecule has 0 aromatic heterocycles. The van der Waals surface area contributed by atoms with Crippen molar-refractivity contribution >= 4 is 5.91 Å². The average Bonchev–Trinajstić information content (AvgIpc) is 3.28. The summed E-state index contributed by atoms with van der Waals surface area (Å²) in [5.74, 6) is 2.00. The van der Waals surface area contributed by atoms with Crippen molar-refractivity contribution in [3.05, 3.63) is 17.7 Å². The Kier molecular flexibility index (Phi) is 4.37. The number of rotatable bonds is 6. The van der Waals surface area contributed by atoms with Gasteiger partial charge in [0.1, 0.15) is 0 Å². The lowest BCUT2D eigenvalue weighted by Crippen LogP contribution is -2.29. The van der Waals surface area contributed by atoms with E-state index in [1.54, 1.807) is 24.1 Å². The molecule has 0 aliphatic heterocycles. The molecule has 0 bridgehead atoms. The van der Waals surface area contributed by atoms with Gasteiger partial charge in [-0.1, -0.05) is 0 Å². The molecule has 5 nitrogen and oxygen atoms in total. The van der Waals surface area contributed by atoms with Gasteiger partial charge in [0.05, 0.1) is 26.9 Å². The number of carbonyl (C=O) groups excluding carboxylic acids is 1. The number of hydrogen-bond acceptors (Lipinski definition) is 4. The fourth-order valence-electron chi connectivity index (χ4n) is 2.25. The summed E-state index contributed by atoms with van der Waals surface area (Å²) in [6, 6.07) is 3.44. The minimum absolute atomic E-state index is 0.0605. The summed E-state index contributed by atoms with van der Waals surface area (Å²) < 4.78 is 15.9. The number of amides is 1. The molecule has 0 unspecified atom stereocenters. The first-order valence-corrected chi connectivity index (χ1v) is 6.66. The van der Waals surface area contributed by atoms with E-state index in [0.717, 1.165) is 6.54 Å². The van der Waals surface area contributed by atoms with E-state index in [9.17, 15) is 4.79 Å². The van der Waals surface area contributed by atoms with E-state index in [1.807, 2.05) is 7.05 Å². The summed E-state index contributed by atoms with van der Waals surface area (Å²) in [6.07, 6.45) is 2.42. The summed E-state index contributed by atoms with van der Waals surface area (Å²) in [7, 11) is 6.42. The molecule has 1 aromatic carbocycles. The van der Waals surface area contributed by atoms with Gasteiger partial charge in [-0.05, 0) is 30.9 Å². The molecular weight excluding hydrogens is 258 g/mol. The zero-order valence-electron chi connectivity index (χ0n) is 12.4. The van der Waals surface area contributed by atoms with Crippen molar-refractivity contribution in [3.63, 3.8) is 0 Å². The highest BCUT2D eigenvalue weighted by molar-refractivity contribution is 5.98. The van der Waals surface area contributed by atoms with Crippen molar-refractivity contribution in [2.75, 3.05) is 34.9 Å². The summed E-state index contributed by atoms with van der Waals surface area (Å²) in [4.78, 5) is 14.2. The van der Waals surface area contributed by atoms with E-state index in [2.05, 4.69) is 0 Å². The Balaban J connectivity index is 2.32. The highest BCUT2D eigenvalue weighted by atomic mass is 16.5. The molecule has 1 amide bonds. The van der Waals surface area contributed by atoms with Gasteiger partial charge >= 0.3 is 0 Å². The van der Waals surface area contributed by atoms with Gasteiger partial charge in [-0.15, -0.1) is 0 Å². The zero-order valence-corrected chi connectivity index (χ0v) is 12.4.